The smallest absolute Gasteiger partial charge is 0.0873 e. The Labute approximate surface area is 97.0 Å². The topological polar surface area (TPSA) is 57.2 Å². The first kappa shape index (κ1) is 13.0. The maximum absolute atomic E-state index is 10.6. The van der Waals surface area contributed by atoms with Crippen molar-refractivity contribution in [2.45, 2.75) is 0 Å². The standard InChI is InChI=1S/C4H9O3P.K/c1-8(2,7)3-4(5)6;/h3H2,1-2H3,(H,5,6);/p-1. The minimum absolute atomic E-state index is 0. The van der Waals surface area contributed by atoms with Crippen molar-refractivity contribution in [3.63, 3.8) is 0 Å². The quantitative estimate of drug-likeness (QED) is 0.397. The number of carbonyl (C=O) groups is 1. The Morgan fingerprint density at radius 3 is 1.89 bits per heavy atom. The molecule has 0 rings (SSSR count). The molecule has 0 N–H and O–H groups in total. The number of carboxylic acids is 1. The van der Waals surface area contributed by atoms with Gasteiger partial charge in [0.1, 0.15) is 0 Å². The van der Waals surface area contributed by atoms with E-state index in [9.17, 15) is 14.5 Å². The van der Waals surface area contributed by atoms with Gasteiger partial charge in [0, 0.05) is 63.5 Å². The van der Waals surface area contributed by atoms with Crippen molar-refractivity contribution in [1.82, 2.24) is 0 Å². The molecule has 0 aromatic rings. The van der Waals surface area contributed by atoms with Crippen molar-refractivity contribution in [2.24, 2.45) is 0 Å². The number of aliphatic carboxylic acids is 1. The first-order valence-corrected chi connectivity index (χ1v) is 4.94. The van der Waals surface area contributed by atoms with Gasteiger partial charge in [0.2, 0.25) is 0 Å². The van der Waals surface area contributed by atoms with Gasteiger partial charge in [-0.3, -0.25) is 0 Å². The van der Waals surface area contributed by atoms with E-state index < -0.39 is 13.1 Å². The van der Waals surface area contributed by atoms with E-state index in [1.807, 2.05) is 0 Å². The number of carboxylic acid groups (broad SMARTS) is 1. The molecule has 0 aliphatic carbocycles. The molecule has 0 saturated carbocycles. The molecule has 3 nitrogen and oxygen atoms in total. The van der Waals surface area contributed by atoms with Crippen LogP contribution in [0.3, 0.4) is 0 Å². The predicted molar refractivity (Wildman–Crippen MR) is 35.1 cm³/mol. The van der Waals surface area contributed by atoms with Crippen molar-refractivity contribution in [3.8, 4) is 0 Å². The third-order valence-electron chi connectivity index (χ3n) is 0.510. The minimum Gasteiger partial charge on any atom is -0.550 e. The Morgan fingerprint density at radius 1 is 1.56 bits per heavy atom. The molecule has 0 aliphatic rings. The van der Waals surface area contributed by atoms with Crippen molar-refractivity contribution in [1.29, 1.82) is 0 Å². The van der Waals surface area contributed by atoms with Gasteiger partial charge in [-0.05, 0) is 13.3 Å². The molecule has 0 heterocycles. The van der Waals surface area contributed by atoms with Crippen LogP contribution in [-0.2, 0) is 9.36 Å². The first-order valence-electron chi connectivity index (χ1n) is 2.16. The fraction of sp³-hybridized carbons (Fsp3) is 0.750. The van der Waals surface area contributed by atoms with Gasteiger partial charge in [-0.1, -0.05) is 0 Å². The average Bonchev–Trinajstić information content (AvgIpc) is 1.21. The van der Waals surface area contributed by atoms with Crippen molar-refractivity contribution in [3.05, 3.63) is 0 Å². The zero-order valence-corrected chi connectivity index (χ0v) is 9.90. The monoisotopic (exact) mass is 174 g/mol. The molecule has 0 fully saturated rings. The van der Waals surface area contributed by atoms with Gasteiger partial charge < -0.3 is 14.5 Å². The van der Waals surface area contributed by atoms with E-state index in [0.717, 1.165) is 0 Å². The van der Waals surface area contributed by atoms with Crippen molar-refractivity contribution in [2.75, 3.05) is 19.5 Å². The molecule has 1 radical (unpaired) electrons. The van der Waals surface area contributed by atoms with Gasteiger partial charge in [0.25, 0.3) is 0 Å². The summed E-state index contributed by atoms with van der Waals surface area (Å²) in [7, 11) is -2.38. The maximum atomic E-state index is 10.6. The fourth-order valence-corrected chi connectivity index (χ4v) is 0.933. The third kappa shape index (κ3) is 12.5. The van der Waals surface area contributed by atoms with Crippen LogP contribution in [0, 0.1) is 0 Å². The van der Waals surface area contributed by atoms with Crippen LogP contribution in [0.4, 0.5) is 0 Å². The van der Waals surface area contributed by atoms with Gasteiger partial charge in [-0.2, -0.15) is 0 Å². The zero-order valence-electron chi connectivity index (χ0n) is 5.88. The molecule has 0 unspecified atom stereocenters. The summed E-state index contributed by atoms with van der Waals surface area (Å²) < 4.78 is 10.6. The van der Waals surface area contributed by atoms with E-state index in [0.29, 0.717) is 0 Å². The summed E-state index contributed by atoms with van der Waals surface area (Å²) in [6, 6.07) is 0. The molecule has 5 heteroatoms. The summed E-state index contributed by atoms with van der Waals surface area (Å²) in [6.07, 6.45) is -0.313. The van der Waals surface area contributed by atoms with Crippen LogP contribution in [0.25, 0.3) is 0 Å². The van der Waals surface area contributed by atoms with Gasteiger partial charge in [-0.15, -0.1) is 0 Å². The molecule has 0 aliphatic heterocycles. The molecule has 0 aromatic heterocycles. The van der Waals surface area contributed by atoms with Crippen LogP contribution in [0.2, 0.25) is 0 Å². The Kier molecular flexibility index (Phi) is 7.27. The van der Waals surface area contributed by atoms with Crippen LogP contribution < -0.4 is 5.11 Å². The van der Waals surface area contributed by atoms with Crippen LogP contribution in [-0.4, -0.2) is 76.8 Å². The Bertz CT molecular complexity index is 139. The van der Waals surface area contributed by atoms with E-state index in [1.165, 1.54) is 13.3 Å². The van der Waals surface area contributed by atoms with Crippen LogP contribution in [0.15, 0.2) is 0 Å². The van der Waals surface area contributed by atoms with E-state index in [4.69, 9.17) is 0 Å². The van der Waals surface area contributed by atoms with Gasteiger partial charge in [-0.25, -0.2) is 0 Å². The molecule has 0 spiro atoms. The van der Waals surface area contributed by atoms with Gasteiger partial charge >= 0.3 is 0 Å². The average molecular weight is 174 g/mol. The SMILES string of the molecule is CP(C)(=O)CC(=O)[O-].[K]. The molecule has 0 atom stereocenters. The third-order valence-corrected chi connectivity index (χ3v) is 1.53. The van der Waals surface area contributed by atoms with Crippen molar-refractivity contribution >= 4 is 64.5 Å². The zero-order chi connectivity index (χ0) is 6.78. The summed E-state index contributed by atoms with van der Waals surface area (Å²) in [5.41, 5.74) is 0. The number of carbonyl (C=O) groups excluding carboxylic acids is 1. The molecule has 9 heavy (non-hydrogen) atoms. The Balaban J connectivity index is 0. The van der Waals surface area contributed by atoms with E-state index in [1.54, 1.807) is 0 Å². The Hall–Kier alpha value is 1.34. The number of rotatable bonds is 2. The summed E-state index contributed by atoms with van der Waals surface area (Å²) in [5.74, 6) is -1.24. The molecule has 0 amide bonds. The molecule has 0 bridgehead atoms. The predicted octanol–water partition coefficient (Wildman–Crippen LogP) is -1.02. The largest absolute Gasteiger partial charge is 0.550 e. The fourth-order valence-electron chi connectivity index (χ4n) is 0.311. The summed E-state index contributed by atoms with van der Waals surface area (Å²) in [5, 5.41) is 9.73. The van der Waals surface area contributed by atoms with Crippen LogP contribution in [0.1, 0.15) is 0 Å². The van der Waals surface area contributed by atoms with E-state index >= 15 is 0 Å². The second-order valence-corrected chi connectivity index (χ2v) is 5.57. The number of hydrogen-bond acceptors (Lipinski definition) is 3. The van der Waals surface area contributed by atoms with Gasteiger partial charge in [0.15, 0.2) is 0 Å². The molecular formula is C4H8KO3P-. The van der Waals surface area contributed by atoms with E-state index in [2.05, 4.69) is 0 Å². The number of hydrogen-bond donors (Lipinski definition) is 0. The molecule has 49 valence electrons. The van der Waals surface area contributed by atoms with Gasteiger partial charge in [0.05, 0.1) is 7.14 Å². The summed E-state index contributed by atoms with van der Waals surface area (Å²) >= 11 is 0. The van der Waals surface area contributed by atoms with Crippen LogP contribution >= 0.6 is 7.14 Å². The molecular weight excluding hydrogens is 166 g/mol. The van der Waals surface area contributed by atoms with Crippen molar-refractivity contribution < 1.29 is 14.5 Å². The molecule has 0 aromatic carbocycles. The Morgan fingerprint density at radius 2 is 1.89 bits per heavy atom. The summed E-state index contributed by atoms with van der Waals surface area (Å²) in [6.45, 7) is 2.84. The second-order valence-electron chi connectivity index (χ2n) is 2.10. The summed E-state index contributed by atoms with van der Waals surface area (Å²) in [4.78, 5) is 9.73. The normalized spacial score (nSPS) is 10.0. The minimum atomic E-state index is -2.38. The van der Waals surface area contributed by atoms with Crippen LogP contribution in [0.5, 0.6) is 0 Å². The van der Waals surface area contributed by atoms with E-state index in [-0.39, 0.29) is 57.5 Å². The second kappa shape index (κ2) is 5.05. The first-order chi connectivity index (χ1) is 3.42. The maximum Gasteiger partial charge on any atom is 0.0873 e. The molecule has 0 saturated heterocycles.